The summed E-state index contributed by atoms with van der Waals surface area (Å²) in [7, 11) is 1.63. The molecular weight excluding hydrogens is 351 g/mol. The van der Waals surface area contributed by atoms with Gasteiger partial charge in [-0.3, -0.25) is 0 Å². The van der Waals surface area contributed by atoms with E-state index in [-0.39, 0.29) is 17.7 Å². The molecule has 1 aromatic heterocycles. The van der Waals surface area contributed by atoms with Crippen LogP contribution in [-0.2, 0) is 0 Å². The number of hydrogen-bond donors (Lipinski definition) is 0. The number of hydrogen-bond acceptors (Lipinski definition) is 2. The molecular formula is C21H22ClFN2O. The number of nitrogens with zero attached hydrogens (tertiary/aromatic N) is 2. The van der Waals surface area contributed by atoms with Crippen molar-refractivity contribution in [2.45, 2.75) is 32.1 Å². The van der Waals surface area contributed by atoms with E-state index in [4.69, 9.17) is 21.4 Å². The molecule has 3 rings (SSSR count). The zero-order valence-electron chi connectivity index (χ0n) is 15.1. The van der Waals surface area contributed by atoms with Crippen molar-refractivity contribution in [3.8, 4) is 11.6 Å². The maximum Gasteiger partial charge on any atom is 0.216 e. The molecule has 0 bridgehead atoms. The zero-order valence-corrected chi connectivity index (χ0v) is 15.9. The third-order valence-corrected chi connectivity index (χ3v) is 4.82. The number of benzene rings is 2. The Morgan fingerprint density at radius 1 is 1.08 bits per heavy atom. The number of aromatic nitrogens is 2. The van der Waals surface area contributed by atoms with Crippen LogP contribution in [0.25, 0.3) is 5.69 Å². The molecule has 1 unspecified atom stereocenters. The first-order chi connectivity index (χ1) is 12.5. The lowest BCUT2D eigenvalue weighted by molar-refractivity contribution is 0.383. The topological polar surface area (TPSA) is 27.1 Å². The highest BCUT2D eigenvalue weighted by molar-refractivity contribution is 6.30. The highest BCUT2D eigenvalue weighted by Gasteiger charge is 2.18. The fourth-order valence-corrected chi connectivity index (χ4v) is 3.35. The van der Waals surface area contributed by atoms with Gasteiger partial charge in [0.25, 0.3) is 0 Å². The van der Waals surface area contributed by atoms with Crippen LogP contribution in [0.3, 0.4) is 0 Å². The Morgan fingerprint density at radius 2 is 1.85 bits per heavy atom. The van der Waals surface area contributed by atoms with Gasteiger partial charge < -0.3 is 4.74 Å². The van der Waals surface area contributed by atoms with Gasteiger partial charge in [-0.15, -0.1) is 0 Å². The van der Waals surface area contributed by atoms with Gasteiger partial charge in [0.2, 0.25) is 5.88 Å². The van der Waals surface area contributed by atoms with Crippen LogP contribution in [-0.4, -0.2) is 16.9 Å². The molecule has 0 spiro atoms. The van der Waals surface area contributed by atoms with E-state index >= 15 is 0 Å². The van der Waals surface area contributed by atoms with Crippen LogP contribution in [0, 0.1) is 5.82 Å². The lowest BCUT2D eigenvalue weighted by Gasteiger charge is -2.16. The lowest BCUT2D eigenvalue weighted by atomic mass is 9.89. The van der Waals surface area contributed by atoms with Crippen molar-refractivity contribution in [3.63, 3.8) is 0 Å². The first kappa shape index (κ1) is 18.5. The molecule has 136 valence electrons. The van der Waals surface area contributed by atoms with Crippen molar-refractivity contribution in [1.82, 2.24) is 9.78 Å². The fraction of sp³-hybridized carbons (Fsp3) is 0.286. The van der Waals surface area contributed by atoms with Gasteiger partial charge in [0.15, 0.2) is 0 Å². The van der Waals surface area contributed by atoms with E-state index in [0.29, 0.717) is 10.9 Å². The Balaban J connectivity index is 1.82. The number of ether oxygens (including phenoxy) is 1. The molecule has 3 aromatic rings. The van der Waals surface area contributed by atoms with Gasteiger partial charge >= 0.3 is 0 Å². The van der Waals surface area contributed by atoms with Crippen molar-refractivity contribution < 1.29 is 9.13 Å². The monoisotopic (exact) mass is 372 g/mol. The minimum absolute atomic E-state index is 0.197. The van der Waals surface area contributed by atoms with E-state index in [1.807, 2.05) is 36.4 Å². The predicted octanol–water partition coefficient (Wildman–Crippen LogP) is 5.97. The van der Waals surface area contributed by atoms with Crippen LogP contribution in [0.4, 0.5) is 4.39 Å². The van der Waals surface area contributed by atoms with Crippen molar-refractivity contribution in [2.24, 2.45) is 0 Å². The Hall–Kier alpha value is -2.33. The molecule has 0 aliphatic heterocycles. The van der Waals surface area contributed by atoms with E-state index in [1.165, 1.54) is 6.07 Å². The highest BCUT2D eigenvalue weighted by atomic mass is 35.5. The summed E-state index contributed by atoms with van der Waals surface area (Å²) in [6, 6.07) is 16.2. The molecule has 0 radical (unpaired) electrons. The van der Waals surface area contributed by atoms with Crippen LogP contribution in [0.2, 0.25) is 5.02 Å². The number of halogens is 2. The third-order valence-electron chi connectivity index (χ3n) is 4.59. The molecule has 26 heavy (non-hydrogen) atoms. The average Bonchev–Trinajstić information content (AvgIpc) is 3.06. The normalized spacial score (nSPS) is 13.4. The zero-order chi connectivity index (χ0) is 18.7. The maximum atomic E-state index is 13.5. The summed E-state index contributed by atoms with van der Waals surface area (Å²) in [5, 5.41) is 5.36. The quantitative estimate of drug-likeness (QED) is 0.533. The van der Waals surface area contributed by atoms with Gasteiger partial charge in [-0.2, -0.15) is 5.10 Å². The largest absolute Gasteiger partial charge is 0.481 e. The van der Waals surface area contributed by atoms with E-state index in [0.717, 1.165) is 23.4 Å². The predicted molar refractivity (Wildman–Crippen MR) is 103 cm³/mol. The summed E-state index contributed by atoms with van der Waals surface area (Å²) in [5.74, 6) is 0.882. The smallest absolute Gasteiger partial charge is 0.216 e. The van der Waals surface area contributed by atoms with Crippen molar-refractivity contribution in [3.05, 3.63) is 76.7 Å². The Labute approximate surface area is 158 Å². The summed E-state index contributed by atoms with van der Waals surface area (Å²) in [5.41, 5.74) is 2.79. The molecule has 3 nitrogen and oxygen atoms in total. The minimum atomic E-state index is -0.200. The lowest BCUT2D eigenvalue weighted by Crippen LogP contribution is -2.04. The minimum Gasteiger partial charge on any atom is -0.481 e. The fourth-order valence-electron chi connectivity index (χ4n) is 3.16. The third kappa shape index (κ3) is 4.07. The van der Waals surface area contributed by atoms with E-state index < -0.39 is 0 Å². The molecule has 0 fully saturated rings. The van der Waals surface area contributed by atoms with E-state index in [1.54, 1.807) is 23.9 Å². The first-order valence-corrected chi connectivity index (χ1v) is 9.01. The van der Waals surface area contributed by atoms with Crippen LogP contribution in [0.1, 0.15) is 43.4 Å². The molecule has 1 heterocycles. The molecule has 0 N–H and O–H groups in total. The van der Waals surface area contributed by atoms with Crippen LogP contribution >= 0.6 is 11.6 Å². The highest BCUT2D eigenvalue weighted by Crippen LogP contribution is 2.32. The van der Waals surface area contributed by atoms with Gasteiger partial charge in [-0.1, -0.05) is 43.6 Å². The van der Waals surface area contributed by atoms with Crippen LogP contribution in [0.5, 0.6) is 5.88 Å². The number of rotatable bonds is 6. The molecule has 0 saturated heterocycles. The average molecular weight is 373 g/mol. The molecule has 0 aliphatic rings. The molecule has 5 heteroatoms. The van der Waals surface area contributed by atoms with Crippen molar-refractivity contribution in [1.29, 1.82) is 0 Å². The van der Waals surface area contributed by atoms with E-state index in [9.17, 15) is 4.39 Å². The van der Waals surface area contributed by atoms with Crippen LogP contribution in [0.15, 0.2) is 54.6 Å². The SMILES string of the molecule is COc1cc(C(C)C[C@H](C)c2cccc(F)c2)nn1-c1cccc(Cl)c1. The van der Waals surface area contributed by atoms with E-state index in [2.05, 4.69) is 13.8 Å². The molecule has 2 aromatic carbocycles. The Bertz CT molecular complexity index is 893. The second-order valence-electron chi connectivity index (χ2n) is 6.60. The summed E-state index contributed by atoms with van der Waals surface area (Å²) in [4.78, 5) is 0. The maximum absolute atomic E-state index is 13.5. The van der Waals surface area contributed by atoms with Crippen molar-refractivity contribution >= 4 is 11.6 Å². The molecule has 0 saturated carbocycles. The second kappa shape index (κ2) is 7.92. The van der Waals surface area contributed by atoms with Gasteiger partial charge in [0, 0.05) is 17.0 Å². The van der Waals surface area contributed by atoms with Crippen LogP contribution < -0.4 is 4.74 Å². The second-order valence-corrected chi connectivity index (χ2v) is 7.03. The summed E-state index contributed by atoms with van der Waals surface area (Å²) in [6.07, 6.45) is 0.860. The summed E-state index contributed by atoms with van der Waals surface area (Å²) in [6.45, 7) is 4.23. The van der Waals surface area contributed by atoms with Gasteiger partial charge in [0.1, 0.15) is 5.82 Å². The van der Waals surface area contributed by atoms with Gasteiger partial charge in [-0.05, 0) is 48.2 Å². The summed E-state index contributed by atoms with van der Waals surface area (Å²) < 4.78 is 20.7. The molecule has 2 atom stereocenters. The first-order valence-electron chi connectivity index (χ1n) is 8.63. The Kier molecular flexibility index (Phi) is 5.62. The van der Waals surface area contributed by atoms with Gasteiger partial charge in [-0.25, -0.2) is 9.07 Å². The van der Waals surface area contributed by atoms with Gasteiger partial charge in [0.05, 0.1) is 18.5 Å². The standard InChI is InChI=1S/C21H22ClFN2O/c1-14(16-6-4-8-18(23)11-16)10-15(2)20-13-21(26-3)25(24-20)19-9-5-7-17(22)12-19/h4-9,11-15H,10H2,1-3H3/t14-,15?/m0/s1. The van der Waals surface area contributed by atoms with Crippen molar-refractivity contribution in [2.75, 3.05) is 7.11 Å². The number of methoxy groups -OCH3 is 1. The molecule has 0 aliphatic carbocycles. The molecule has 0 amide bonds. The Morgan fingerprint density at radius 3 is 2.54 bits per heavy atom. The summed E-state index contributed by atoms with van der Waals surface area (Å²) >= 11 is 6.10.